The summed E-state index contributed by atoms with van der Waals surface area (Å²) in [6.45, 7) is 6.71. The Morgan fingerprint density at radius 1 is 1.38 bits per heavy atom. The molecule has 2 atom stereocenters. The van der Waals surface area contributed by atoms with Gasteiger partial charge in [-0.25, -0.2) is 9.07 Å². The molecule has 0 spiro atoms. The fourth-order valence-corrected chi connectivity index (χ4v) is 5.06. The lowest BCUT2D eigenvalue weighted by atomic mass is 9.48. The van der Waals surface area contributed by atoms with Crippen molar-refractivity contribution in [2.45, 2.75) is 26.8 Å². The van der Waals surface area contributed by atoms with Crippen molar-refractivity contribution in [3.05, 3.63) is 48.0 Å². The lowest BCUT2D eigenvalue weighted by molar-refractivity contribution is -0.174. The first kappa shape index (κ1) is 17.2. The number of aromatic nitrogens is 2. The van der Waals surface area contributed by atoms with E-state index in [0.29, 0.717) is 24.7 Å². The summed E-state index contributed by atoms with van der Waals surface area (Å²) in [6.07, 6.45) is 4.49. The highest BCUT2D eigenvalue weighted by molar-refractivity contribution is 5.80. The number of carbonyl (C=O) groups is 1. The van der Waals surface area contributed by atoms with E-state index in [4.69, 9.17) is 4.74 Å². The standard InChI is InChI=1S/C20H24FN3O2/c1-19(2)12-20(18(25)26-3)13-23(11-17(19)20)9-14-8-22-24(10-14)16-7-5-4-6-15(16)21/h4-8,10,17H,9,11-13H2,1-3H3/t17-,20+/m1/s1. The molecule has 138 valence electrons. The van der Waals surface area contributed by atoms with Crippen LogP contribution in [0.3, 0.4) is 0 Å². The molecular weight excluding hydrogens is 333 g/mol. The Kier molecular flexibility index (Phi) is 3.91. The van der Waals surface area contributed by atoms with Crippen molar-refractivity contribution in [3.63, 3.8) is 0 Å². The molecule has 5 nitrogen and oxygen atoms in total. The molecule has 6 heteroatoms. The number of likely N-dealkylation sites (tertiary alicyclic amines) is 1. The zero-order chi connectivity index (χ0) is 18.5. The van der Waals surface area contributed by atoms with E-state index in [1.54, 1.807) is 29.1 Å². The molecule has 4 rings (SSSR count). The van der Waals surface area contributed by atoms with E-state index in [-0.39, 0.29) is 22.6 Å². The Balaban J connectivity index is 1.51. The van der Waals surface area contributed by atoms with Crippen LogP contribution in [-0.2, 0) is 16.1 Å². The fraction of sp³-hybridized carbons (Fsp3) is 0.500. The van der Waals surface area contributed by atoms with E-state index in [0.717, 1.165) is 18.5 Å². The van der Waals surface area contributed by atoms with Gasteiger partial charge in [-0.3, -0.25) is 9.69 Å². The van der Waals surface area contributed by atoms with Crippen molar-refractivity contribution >= 4 is 5.97 Å². The van der Waals surface area contributed by atoms with Crippen LogP contribution in [0.2, 0.25) is 0 Å². The number of para-hydroxylation sites is 1. The number of rotatable bonds is 4. The molecule has 26 heavy (non-hydrogen) atoms. The molecule has 2 aromatic rings. The van der Waals surface area contributed by atoms with Crippen molar-refractivity contribution in [1.82, 2.24) is 14.7 Å². The van der Waals surface area contributed by atoms with E-state index >= 15 is 0 Å². The molecule has 2 heterocycles. The van der Waals surface area contributed by atoms with Crippen LogP contribution in [0, 0.1) is 22.6 Å². The number of hydrogen-bond acceptors (Lipinski definition) is 4. The van der Waals surface area contributed by atoms with Crippen LogP contribution in [-0.4, -0.2) is 40.8 Å². The first-order valence-electron chi connectivity index (χ1n) is 8.95. The second-order valence-corrected chi connectivity index (χ2v) is 8.28. The van der Waals surface area contributed by atoms with Gasteiger partial charge in [0.05, 0.1) is 18.7 Å². The SMILES string of the molecule is COC(=O)[C@@]12CN(Cc3cnn(-c4ccccc4F)c3)C[C@@H]1C(C)(C)C2. The lowest BCUT2D eigenvalue weighted by Gasteiger charge is -2.54. The molecule has 0 N–H and O–H groups in total. The van der Waals surface area contributed by atoms with Crippen molar-refractivity contribution in [1.29, 1.82) is 0 Å². The number of hydrogen-bond donors (Lipinski definition) is 0. The van der Waals surface area contributed by atoms with E-state index in [1.807, 2.05) is 6.20 Å². The molecule has 2 aliphatic rings. The average Bonchev–Trinajstić information content (AvgIpc) is 3.18. The van der Waals surface area contributed by atoms with Gasteiger partial charge in [-0.1, -0.05) is 26.0 Å². The maximum atomic E-state index is 13.9. The molecule has 0 unspecified atom stereocenters. The second-order valence-electron chi connectivity index (χ2n) is 8.28. The van der Waals surface area contributed by atoms with Crippen LogP contribution in [0.5, 0.6) is 0 Å². The van der Waals surface area contributed by atoms with Gasteiger partial charge in [-0.05, 0) is 29.9 Å². The topological polar surface area (TPSA) is 47.4 Å². The number of methoxy groups -OCH3 is 1. The van der Waals surface area contributed by atoms with Crippen LogP contribution in [0.15, 0.2) is 36.7 Å². The number of ether oxygens (including phenoxy) is 1. The first-order chi connectivity index (χ1) is 12.4. The van der Waals surface area contributed by atoms with E-state index in [9.17, 15) is 9.18 Å². The Morgan fingerprint density at radius 3 is 2.85 bits per heavy atom. The lowest BCUT2D eigenvalue weighted by Crippen LogP contribution is -2.57. The molecule has 0 radical (unpaired) electrons. The highest BCUT2D eigenvalue weighted by atomic mass is 19.1. The van der Waals surface area contributed by atoms with Crippen molar-refractivity contribution in [2.75, 3.05) is 20.2 Å². The molecule has 0 bridgehead atoms. The number of benzene rings is 1. The summed E-state index contributed by atoms with van der Waals surface area (Å²) in [5, 5.41) is 4.30. The minimum absolute atomic E-state index is 0.0913. The number of halogens is 1. The Labute approximate surface area is 152 Å². The smallest absolute Gasteiger partial charge is 0.313 e. The van der Waals surface area contributed by atoms with Crippen molar-refractivity contribution in [2.24, 2.45) is 16.7 Å². The van der Waals surface area contributed by atoms with Crippen molar-refractivity contribution in [3.8, 4) is 5.69 Å². The third-order valence-corrected chi connectivity index (χ3v) is 6.06. The van der Waals surface area contributed by atoms with E-state index in [2.05, 4.69) is 23.8 Å². The molecule has 0 amide bonds. The molecule has 1 saturated carbocycles. The Hall–Kier alpha value is -2.21. The van der Waals surface area contributed by atoms with Gasteiger partial charge in [-0.2, -0.15) is 5.10 Å². The normalized spacial score (nSPS) is 27.0. The largest absolute Gasteiger partial charge is 0.469 e. The number of fused-ring (bicyclic) bond motifs is 1. The van der Waals surface area contributed by atoms with Gasteiger partial charge in [0.15, 0.2) is 0 Å². The van der Waals surface area contributed by atoms with E-state index in [1.165, 1.54) is 13.2 Å². The molecular formula is C20H24FN3O2. The minimum Gasteiger partial charge on any atom is -0.469 e. The van der Waals surface area contributed by atoms with Gasteiger partial charge in [-0.15, -0.1) is 0 Å². The molecule has 1 aromatic carbocycles. The Morgan fingerprint density at radius 2 is 2.15 bits per heavy atom. The molecule has 1 aliphatic heterocycles. The molecule has 1 aliphatic carbocycles. The van der Waals surface area contributed by atoms with Crippen LogP contribution < -0.4 is 0 Å². The second kappa shape index (κ2) is 5.91. The number of nitrogens with zero attached hydrogens (tertiary/aromatic N) is 3. The predicted molar refractivity (Wildman–Crippen MR) is 95.1 cm³/mol. The molecule has 2 fully saturated rings. The van der Waals surface area contributed by atoms with Gasteiger partial charge < -0.3 is 4.74 Å². The zero-order valence-electron chi connectivity index (χ0n) is 15.4. The third-order valence-electron chi connectivity index (χ3n) is 6.06. The Bertz CT molecular complexity index is 847. The quantitative estimate of drug-likeness (QED) is 0.789. The summed E-state index contributed by atoms with van der Waals surface area (Å²) < 4.78 is 20.6. The minimum atomic E-state index is -0.375. The van der Waals surface area contributed by atoms with Gasteiger partial charge in [0.2, 0.25) is 0 Å². The predicted octanol–water partition coefficient (Wildman–Crippen LogP) is 3.03. The first-order valence-corrected chi connectivity index (χ1v) is 8.95. The van der Waals surface area contributed by atoms with Gasteiger partial charge in [0.25, 0.3) is 0 Å². The van der Waals surface area contributed by atoms with Gasteiger partial charge in [0.1, 0.15) is 11.5 Å². The zero-order valence-corrected chi connectivity index (χ0v) is 15.4. The van der Waals surface area contributed by atoms with Crippen LogP contribution in [0.4, 0.5) is 4.39 Å². The maximum absolute atomic E-state index is 13.9. The van der Waals surface area contributed by atoms with Gasteiger partial charge >= 0.3 is 5.97 Å². The summed E-state index contributed by atoms with van der Waals surface area (Å²) in [5.41, 5.74) is 1.22. The maximum Gasteiger partial charge on any atom is 0.313 e. The molecule has 1 saturated heterocycles. The highest BCUT2D eigenvalue weighted by Gasteiger charge is 2.67. The highest BCUT2D eigenvalue weighted by Crippen LogP contribution is 2.63. The summed E-state index contributed by atoms with van der Waals surface area (Å²) >= 11 is 0. The summed E-state index contributed by atoms with van der Waals surface area (Å²) in [4.78, 5) is 14.7. The third kappa shape index (κ3) is 2.55. The van der Waals surface area contributed by atoms with Crippen LogP contribution in [0.25, 0.3) is 5.69 Å². The summed E-state index contributed by atoms with van der Waals surface area (Å²) in [6, 6.07) is 6.59. The fourth-order valence-electron chi connectivity index (χ4n) is 5.06. The summed E-state index contributed by atoms with van der Waals surface area (Å²) in [5.74, 6) is -0.0804. The van der Waals surface area contributed by atoms with Crippen LogP contribution >= 0.6 is 0 Å². The summed E-state index contributed by atoms with van der Waals surface area (Å²) in [7, 11) is 1.47. The number of carbonyl (C=O) groups excluding carboxylic acids is 1. The van der Waals surface area contributed by atoms with E-state index < -0.39 is 0 Å². The molecule has 1 aromatic heterocycles. The average molecular weight is 357 g/mol. The van der Waals surface area contributed by atoms with Crippen molar-refractivity contribution < 1.29 is 13.9 Å². The van der Waals surface area contributed by atoms with Gasteiger partial charge in [0, 0.05) is 31.4 Å². The monoisotopic (exact) mass is 357 g/mol. The van der Waals surface area contributed by atoms with Crippen LogP contribution in [0.1, 0.15) is 25.8 Å². The number of esters is 1.